The molecule has 13 heavy (non-hydrogen) atoms. The minimum Gasteiger partial charge on any atom is -0.375 e. The van der Waals surface area contributed by atoms with Gasteiger partial charge in [-0.1, -0.05) is 6.07 Å². The number of nitrogens with zero attached hydrogens (tertiary/aromatic N) is 2. The van der Waals surface area contributed by atoms with Crippen molar-refractivity contribution < 1.29 is 9.53 Å². The quantitative estimate of drug-likeness (QED) is 0.403. The Morgan fingerprint density at radius 2 is 2.46 bits per heavy atom. The molecule has 0 radical (unpaired) electrons. The summed E-state index contributed by atoms with van der Waals surface area (Å²) in [6.07, 6.45) is 1.56. The van der Waals surface area contributed by atoms with Gasteiger partial charge in [0.05, 0.1) is 0 Å². The molecule has 1 aromatic rings. The Hall–Kier alpha value is -1.46. The molecule has 0 aliphatic heterocycles. The summed E-state index contributed by atoms with van der Waals surface area (Å²) in [5.74, 6) is 5.54. The number of carbonyl (C=O) groups is 1. The predicted octanol–water partition coefficient (Wildman–Crippen LogP) is -0.0653. The maximum atomic E-state index is 11.2. The number of hydrogen-bond donors (Lipinski definition) is 1. The third-order valence-electron chi connectivity index (χ3n) is 1.43. The van der Waals surface area contributed by atoms with Gasteiger partial charge in [-0.3, -0.25) is 4.79 Å². The van der Waals surface area contributed by atoms with E-state index in [2.05, 4.69) is 9.72 Å². The molecule has 1 rings (SSSR count). The van der Waals surface area contributed by atoms with Crippen molar-refractivity contribution in [3.05, 3.63) is 24.4 Å². The number of nitrogens with two attached hydrogens (primary N) is 1. The minimum absolute atomic E-state index is 0.0485. The van der Waals surface area contributed by atoms with E-state index in [4.69, 9.17) is 5.84 Å². The smallest absolute Gasteiger partial charge is 0.268 e. The van der Waals surface area contributed by atoms with Crippen molar-refractivity contribution in [2.75, 3.05) is 18.7 Å². The van der Waals surface area contributed by atoms with Gasteiger partial charge in [-0.25, -0.2) is 15.8 Å². The SMILES string of the molecule is COCC(=O)N(N)c1ccccn1. The number of pyridine rings is 1. The summed E-state index contributed by atoms with van der Waals surface area (Å²) in [5.41, 5.74) is 0. The van der Waals surface area contributed by atoms with E-state index in [0.29, 0.717) is 5.82 Å². The molecule has 0 saturated heterocycles. The maximum Gasteiger partial charge on any atom is 0.268 e. The van der Waals surface area contributed by atoms with Crippen LogP contribution in [0.1, 0.15) is 0 Å². The van der Waals surface area contributed by atoms with Gasteiger partial charge < -0.3 is 4.74 Å². The van der Waals surface area contributed by atoms with Crippen LogP contribution < -0.4 is 10.9 Å². The fourth-order valence-corrected chi connectivity index (χ4v) is 0.817. The highest BCUT2D eigenvalue weighted by atomic mass is 16.5. The standard InChI is InChI=1S/C8H11N3O2/c1-13-6-8(12)11(9)7-4-2-3-5-10-7/h2-5H,6,9H2,1H3. The average Bonchev–Trinajstić information content (AvgIpc) is 2.18. The lowest BCUT2D eigenvalue weighted by molar-refractivity contribution is -0.122. The molecule has 0 fully saturated rings. The first-order valence-corrected chi connectivity index (χ1v) is 3.73. The van der Waals surface area contributed by atoms with Gasteiger partial charge in [-0.05, 0) is 12.1 Å². The minimum atomic E-state index is -0.332. The first-order chi connectivity index (χ1) is 6.25. The Bertz CT molecular complexity index is 276. The second-order valence-corrected chi connectivity index (χ2v) is 2.38. The van der Waals surface area contributed by atoms with Crippen LogP contribution in [0.15, 0.2) is 24.4 Å². The monoisotopic (exact) mass is 181 g/mol. The molecule has 0 bridgehead atoms. The summed E-state index contributed by atoms with van der Waals surface area (Å²) in [5, 5.41) is 0.962. The van der Waals surface area contributed by atoms with Gasteiger partial charge in [-0.15, -0.1) is 0 Å². The van der Waals surface area contributed by atoms with E-state index in [1.165, 1.54) is 7.11 Å². The summed E-state index contributed by atoms with van der Waals surface area (Å²) in [6.45, 7) is -0.0485. The van der Waals surface area contributed by atoms with Crippen LogP contribution in [0.3, 0.4) is 0 Å². The normalized spacial score (nSPS) is 9.69. The number of anilines is 1. The fraction of sp³-hybridized carbons (Fsp3) is 0.250. The summed E-state index contributed by atoms with van der Waals surface area (Å²) >= 11 is 0. The van der Waals surface area contributed by atoms with Gasteiger partial charge in [0.1, 0.15) is 12.4 Å². The van der Waals surface area contributed by atoms with E-state index in [-0.39, 0.29) is 12.5 Å². The van der Waals surface area contributed by atoms with E-state index >= 15 is 0 Å². The van der Waals surface area contributed by atoms with Crippen molar-refractivity contribution in [3.8, 4) is 0 Å². The molecule has 0 spiro atoms. The molecule has 1 amide bonds. The third-order valence-corrected chi connectivity index (χ3v) is 1.43. The van der Waals surface area contributed by atoms with Crippen LogP contribution in [0.4, 0.5) is 5.82 Å². The Balaban J connectivity index is 2.68. The number of hydrogen-bond acceptors (Lipinski definition) is 4. The van der Waals surface area contributed by atoms with Gasteiger partial charge in [0.2, 0.25) is 0 Å². The number of aromatic nitrogens is 1. The number of rotatable bonds is 3. The molecule has 1 aromatic heterocycles. The van der Waals surface area contributed by atoms with Crippen molar-refractivity contribution in [1.29, 1.82) is 0 Å². The van der Waals surface area contributed by atoms with Gasteiger partial charge in [0.15, 0.2) is 0 Å². The van der Waals surface area contributed by atoms with Crippen LogP contribution in [-0.2, 0) is 9.53 Å². The molecule has 70 valence electrons. The van der Waals surface area contributed by atoms with E-state index in [1.807, 2.05) is 0 Å². The average molecular weight is 181 g/mol. The molecule has 1 heterocycles. The highest BCUT2D eigenvalue weighted by Crippen LogP contribution is 2.04. The lowest BCUT2D eigenvalue weighted by atomic mass is 10.4. The number of ether oxygens (including phenoxy) is 1. The third kappa shape index (κ3) is 2.50. The van der Waals surface area contributed by atoms with Crippen LogP contribution in [0.5, 0.6) is 0 Å². The number of amides is 1. The zero-order valence-corrected chi connectivity index (χ0v) is 7.30. The molecular weight excluding hydrogens is 170 g/mol. The maximum absolute atomic E-state index is 11.2. The zero-order valence-electron chi connectivity index (χ0n) is 7.30. The Morgan fingerprint density at radius 1 is 1.69 bits per heavy atom. The topological polar surface area (TPSA) is 68.5 Å². The van der Waals surface area contributed by atoms with Gasteiger partial charge in [0.25, 0.3) is 5.91 Å². The summed E-state index contributed by atoms with van der Waals surface area (Å²) in [6, 6.07) is 5.15. The molecule has 5 heteroatoms. The first-order valence-electron chi connectivity index (χ1n) is 3.73. The van der Waals surface area contributed by atoms with Crippen LogP contribution >= 0.6 is 0 Å². The first kappa shape index (κ1) is 9.63. The van der Waals surface area contributed by atoms with Crippen molar-refractivity contribution in [3.63, 3.8) is 0 Å². The lowest BCUT2D eigenvalue weighted by Crippen LogP contribution is -2.40. The van der Waals surface area contributed by atoms with Crippen molar-refractivity contribution >= 4 is 11.7 Å². The molecule has 5 nitrogen and oxygen atoms in total. The molecule has 0 aromatic carbocycles. The number of hydrazine groups is 1. The summed E-state index contributed by atoms with van der Waals surface area (Å²) in [7, 11) is 1.43. The highest BCUT2D eigenvalue weighted by molar-refractivity contribution is 5.92. The van der Waals surface area contributed by atoms with Crippen molar-refractivity contribution in [2.45, 2.75) is 0 Å². The Labute approximate surface area is 76.1 Å². The second kappa shape index (κ2) is 4.54. The molecule has 2 N–H and O–H groups in total. The zero-order chi connectivity index (χ0) is 9.68. The van der Waals surface area contributed by atoms with E-state index in [1.54, 1.807) is 24.4 Å². The van der Waals surface area contributed by atoms with Crippen LogP contribution in [0, 0.1) is 0 Å². The molecule has 0 aliphatic rings. The van der Waals surface area contributed by atoms with E-state index in [0.717, 1.165) is 5.01 Å². The molecular formula is C8H11N3O2. The Morgan fingerprint density at radius 3 is 3.00 bits per heavy atom. The lowest BCUT2D eigenvalue weighted by Gasteiger charge is -2.14. The fourth-order valence-electron chi connectivity index (χ4n) is 0.817. The molecule has 0 atom stereocenters. The van der Waals surface area contributed by atoms with E-state index < -0.39 is 0 Å². The van der Waals surface area contributed by atoms with Crippen LogP contribution in [0.2, 0.25) is 0 Å². The van der Waals surface area contributed by atoms with Crippen LogP contribution in [0.25, 0.3) is 0 Å². The number of carbonyl (C=O) groups excluding carboxylic acids is 1. The second-order valence-electron chi connectivity index (χ2n) is 2.38. The predicted molar refractivity (Wildman–Crippen MR) is 47.8 cm³/mol. The summed E-state index contributed by atoms with van der Waals surface area (Å²) < 4.78 is 4.65. The van der Waals surface area contributed by atoms with Gasteiger partial charge in [0, 0.05) is 13.3 Å². The Kier molecular flexibility index (Phi) is 3.36. The van der Waals surface area contributed by atoms with Gasteiger partial charge in [-0.2, -0.15) is 0 Å². The van der Waals surface area contributed by atoms with Gasteiger partial charge >= 0.3 is 0 Å². The number of methoxy groups -OCH3 is 1. The highest BCUT2D eigenvalue weighted by Gasteiger charge is 2.11. The van der Waals surface area contributed by atoms with Crippen molar-refractivity contribution in [1.82, 2.24) is 4.98 Å². The molecule has 0 unspecified atom stereocenters. The largest absolute Gasteiger partial charge is 0.375 e. The molecule has 0 saturated carbocycles. The van der Waals surface area contributed by atoms with Crippen molar-refractivity contribution in [2.24, 2.45) is 5.84 Å². The summed E-state index contributed by atoms with van der Waals surface area (Å²) in [4.78, 5) is 15.1. The van der Waals surface area contributed by atoms with E-state index in [9.17, 15) is 4.79 Å². The molecule has 0 aliphatic carbocycles. The van der Waals surface area contributed by atoms with Crippen LogP contribution in [-0.4, -0.2) is 24.6 Å².